The van der Waals surface area contributed by atoms with Crippen molar-refractivity contribution >= 4 is 11.6 Å². The van der Waals surface area contributed by atoms with Crippen molar-refractivity contribution in [3.8, 4) is 0 Å². The zero-order chi connectivity index (χ0) is 13.3. The Hall–Kier alpha value is -1.39. The van der Waals surface area contributed by atoms with Crippen molar-refractivity contribution in [2.75, 3.05) is 11.4 Å². The minimum absolute atomic E-state index is 0.0448. The van der Waals surface area contributed by atoms with E-state index in [1.807, 2.05) is 18.2 Å². The molecule has 0 aliphatic carbocycles. The molecule has 2 rings (SSSR count). The number of benzene rings is 1. The summed E-state index contributed by atoms with van der Waals surface area (Å²) < 4.78 is 0. The summed E-state index contributed by atoms with van der Waals surface area (Å²) in [6.07, 6.45) is 1.28. The summed E-state index contributed by atoms with van der Waals surface area (Å²) in [7, 11) is 0. The number of nitrogens with zero attached hydrogens (tertiary/aromatic N) is 1. The second-order valence-electron chi connectivity index (χ2n) is 4.97. The summed E-state index contributed by atoms with van der Waals surface area (Å²) in [5, 5.41) is 10.00. The molecule has 0 saturated heterocycles. The first-order valence-electron chi connectivity index (χ1n) is 6.35. The van der Waals surface area contributed by atoms with E-state index in [2.05, 4.69) is 0 Å². The molecule has 4 heteroatoms. The summed E-state index contributed by atoms with van der Waals surface area (Å²) in [4.78, 5) is 13.4. The standard InChI is InChI=1S/C14H20N2O2/c1-9(15)14(18)12-6-5-11-4-3-7-16(10(2)17)13(11)8-12/h5-6,8-9,14,18H,3-4,7,15H2,1-2H3. The molecule has 1 amide bonds. The highest BCUT2D eigenvalue weighted by Gasteiger charge is 2.22. The topological polar surface area (TPSA) is 66.6 Å². The zero-order valence-corrected chi connectivity index (χ0v) is 10.9. The predicted molar refractivity (Wildman–Crippen MR) is 71.4 cm³/mol. The smallest absolute Gasteiger partial charge is 0.223 e. The van der Waals surface area contributed by atoms with Gasteiger partial charge in [0.1, 0.15) is 0 Å². The van der Waals surface area contributed by atoms with E-state index in [1.165, 1.54) is 0 Å². The first-order chi connectivity index (χ1) is 8.50. The highest BCUT2D eigenvalue weighted by atomic mass is 16.3. The molecule has 0 spiro atoms. The van der Waals surface area contributed by atoms with Crippen LogP contribution in [-0.4, -0.2) is 23.6 Å². The summed E-state index contributed by atoms with van der Waals surface area (Å²) in [6, 6.07) is 5.46. The van der Waals surface area contributed by atoms with Gasteiger partial charge in [0.15, 0.2) is 0 Å². The highest BCUT2D eigenvalue weighted by molar-refractivity contribution is 5.92. The third kappa shape index (κ3) is 2.40. The summed E-state index contributed by atoms with van der Waals surface area (Å²) in [5.41, 5.74) is 8.57. The number of nitrogens with two attached hydrogens (primary N) is 1. The SMILES string of the molecule is CC(=O)N1CCCc2ccc(C(O)C(C)N)cc21. The number of amides is 1. The van der Waals surface area contributed by atoms with Gasteiger partial charge in [-0.25, -0.2) is 0 Å². The Labute approximate surface area is 107 Å². The Bertz CT molecular complexity index is 457. The van der Waals surface area contributed by atoms with Gasteiger partial charge in [0.05, 0.1) is 6.10 Å². The molecule has 1 aromatic rings. The van der Waals surface area contributed by atoms with Gasteiger partial charge in [0, 0.05) is 25.2 Å². The lowest BCUT2D eigenvalue weighted by atomic mass is 9.96. The third-order valence-electron chi connectivity index (χ3n) is 3.45. The molecule has 1 aliphatic rings. The van der Waals surface area contributed by atoms with Crippen LogP contribution in [0, 0.1) is 0 Å². The molecule has 1 aromatic carbocycles. The Morgan fingerprint density at radius 2 is 2.22 bits per heavy atom. The average molecular weight is 248 g/mol. The largest absolute Gasteiger partial charge is 0.387 e. The van der Waals surface area contributed by atoms with Gasteiger partial charge in [-0.3, -0.25) is 4.79 Å². The number of fused-ring (bicyclic) bond motifs is 1. The number of rotatable bonds is 2. The fraction of sp³-hybridized carbons (Fsp3) is 0.500. The fourth-order valence-corrected chi connectivity index (χ4v) is 2.41. The van der Waals surface area contributed by atoms with Gasteiger partial charge < -0.3 is 15.7 Å². The monoisotopic (exact) mass is 248 g/mol. The van der Waals surface area contributed by atoms with E-state index in [0.717, 1.165) is 36.2 Å². The maximum Gasteiger partial charge on any atom is 0.223 e. The molecule has 2 unspecified atom stereocenters. The fourth-order valence-electron chi connectivity index (χ4n) is 2.41. The molecule has 1 heterocycles. The lowest BCUT2D eigenvalue weighted by Crippen LogP contribution is -2.34. The van der Waals surface area contributed by atoms with Crippen LogP contribution in [0.2, 0.25) is 0 Å². The number of hydrogen-bond donors (Lipinski definition) is 2. The van der Waals surface area contributed by atoms with Crippen molar-refractivity contribution in [1.82, 2.24) is 0 Å². The molecular weight excluding hydrogens is 228 g/mol. The van der Waals surface area contributed by atoms with E-state index >= 15 is 0 Å². The van der Waals surface area contributed by atoms with Crippen LogP contribution in [0.5, 0.6) is 0 Å². The molecule has 0 bridgehead atoms. The van der Waals surface area contributed by atoms with Crippen LogP contribution >= 0.6 is 0 Å². The van der Waals surface area contributed by atoms with Crippen LogP contribution in [0.15, 0.2) is 18.2 Å². The van der Waals surface area contributed by atoms with E-state index in [-0.39, 0.29) is 11.9 Å². The van der Waals surface area contributed by atoms with Crippen molar-refractivity contribution in [1.29, 1.82) is 0 Å². The predicted octanol–water partition coefficient (Wildman–Crippen LogP) is 1.37. The number of aliphatic hydroxyl groups is 1. The molecule has 2 atom stereocenters. The highest BCUT2D eigenvalue weighted by Crippen LogP contribution is 2.30. The Morgan fingerprint density at radius 3 is 2.83 bits per heavy atom. The summed E-state index contributed by atoms with van der Waals surface area (Å²) in [6.45, 7) is 4.09. The van der Waals surface area contributed by atoms with Crippen molar-refractivity contribution < 1.29 is 9.90 Å². The molecule has 0 saturated carbocycles. The first-order valence-corrected chi connectivity index (χ1v) is 6.35. The van der Waals surface area contributed by atoms with E-state index in [9.17, 15) is 9.90 Å². The van der Waals surface area contributed by atoms with Crippen LogP contribution < -0.4 is 10.6 Å². The summed E-state index contributed by atoms with van der Waals surface area (Å²) >= 11 is 0. The lowest BCUT2D eigenvalue weighted by Gasteiger charge is -2.29. The van der Waals surface area contributed by atoms with Gasteiger partial charge in [-0.15, -0.1) is 0 Å². The van der Waals surface area contributed by atoms with Gasteiger partial charge in [-0.1, -0.05) is 12.1 Å². The van der Waals surface area contributed by atoms with E-state index in [1.54, 1.807) is 18.7 Å². The number of carbonyl (C=O) groups excluding carboxylic acids is 1. The molecule has 0 aromatic heterocycles. The van der Waals surface area contributed by atoms with E-state index in [4.69, 9.17) is 5.73 Å². The minimum atomic E-state index is -0.689. The molecule has 98 valence electrons. The molecule has 3 N–H and O–H groups in total. The van der Waals surface area contributed by atoms with Gasteiger partial charge >= 0.3 is 0 Å². The van der Waals surface area contributed by atoms with E-state index in [0.29, 0.717) is 0 Å². The quantitative estimate of drug-likeness (QED) is 0.830. The normalized spacial score (nSPS) is 18.1. The summed E-state index contributed by atoms with van der Waals surface area (Å²) in [5.74, 6) is 0.0448. The van der Waals surface area contributed by atoms with E-state index < -0.39 is 6.10 Å². The minimum Gasteiger partial charge on any atom is -0.387 e. The maximum absolute atomic E-state index is 11.6. The Kier molecular flexibility index (Phi) is 3.68. The van der Waals surface area contributed by atoms with Crippen LogP contribution in [-0.2, 0) is 11.2 Å². The van der Waals surface area contributed by atoms with Gasteiger partial charge in [-0.2, -0.15) is 0 Å². The van der Waals surface area contributed by atoms with Gasteiger partial charge in [0.25, 0.3) is 0 Å². The van der Waals surface area contributed by atoms with Gasteiger partial charge in [-0.05, 0) is 37.0 Å². The maximum atomic E-state index is 11.6. The molecule has 1 aliphatic heterocycles. The Morgan fingerprint density at radius 1 is 1.50 bits per heavy atom. The lowest BCUT2D eigenvalue weighted by molar-refractivity contribution is -0.116. The number of aryl methyl sites for hydroxylation is 1. The number of carbonyl (C=O) groups is 1. The van der Waals surface area contributed by atoms with Crippen LogP contribution in [0.25, 0.3) is 0 Å². The molecule has 18 heavy (non-hydrogen) atoms. The van der Waals surface area contributed by atoms with Crippen molar-refractivity contribution in [3.05, 3.63) is 29.3 Å². The average Bonchev–Trinajstić information content (AvgIpc) is 2.36. The molecule has 0 radical (unpaired) electrons. The van der Waals surface area contributed by atoms with Gasteiger partial charge in [0.2, 0.25) is 5.91 Å². The Balaban J connectivity index is 2.39. The van der Waals surface area contributed by atoms with Crippen LogP contribution in [0.3, 0.4) is 0 Å². The molecule has 0 fully saturated rings. The molecular formula is C14H20N2O2. The second kappa shape index (κ2) is 5.08. The van der Waals surface area contributed by atoms with Crippen LogP contribution in [0.1, 0.15) is 37.5 Å². The second-order valence-corrected chi connectivity index (χ2v) is 4.97. The van der Waals surface area contributed by atoms with Crippen molar-refractivity contribution in [2.45, 2.75) is 38.8 Å². The van der Waals surface area contributed by atoms with Crippen molar-refractivity contribution in [2.24, 2.45) is 5.73 Å². The first kappa shape index (κ1) is 13.1. The molecule has 4 nitrogen and oxygen atoms in total. The third-order valence-corrected chi connectivity index (χ3v) is 3.45. The number of anilines is 1. The number of hydrogen-bond acceptors (Lipinski definition) is 3. The van der Waals surface area contributed by atoms with Crippen LogP contribution in [0.4, 0.5) is 5.69 Å². The number of aliphatic hydroxyl groups excluding tert-OH is 1. The zero-order valence-electron chi connectivity index (χ0n) is 10.9. The van der Waals surface area contributed by atoms with Crippen molar-refractivity contribution in [3.63, 3.8) is 0 Å².